The molecule has 0 radical (unpaired) electrons. The third kappa shape index (κ3) is 4.66. The molecule has 0 spiro atoms. The summed E-state index contributed by atoms with van der Waals surface area (Å²) in [4.78, 5) is 10.2. The molecule has 0 saturated heterocycles. The Morgan fingerprint density at radius 1 is 1.29 bits per heavy atom. The second kappa shape index (κ2) is 7.20. The summed E-state index contributed by atoms with van der Waals surface area (Å²) in [5.41, 5.74) is 1.43. The molecular weight excluding hydrogens is 335 g/mol. The van der Waals surface area contributed by atoms with Crippen molar-refractivity contribution < 1.29 is 10.0 Å². The summed E-state index contributed by atoms with van der Waals surface area (Å²) >= 11 is 12.8. The van der Waals surface area contributed by atoms with Crippen molar-refractivity contribution >= 4 is 39.5 Å². The number of hydrogen-bond donors (Lipinski definition) is 2. The van der Waals surface area contributed by atoms with Crippen LogP contribution in [0.1, 0.15) is 17.2 Å². The van der Waals surface area contributed by atoms with E-state index < -0.39 is 11.0 Å². The maximum absolute atomic E-state index is 10.6. The van der Waals surface area contributed by atoms with Crippen LogP contribution in [0.2, 0.25) is 10.0 Å². The number of nitro groups is 1. The van der Waals surface area contributed by atoms with Gasteiger partial charge in [-0.25, -0.2) is 0 Å². The molecule has 0 amide bonds. The Hall–Kier alpha value is -1.18. The minimum Gasteiger partial charge on any atom is -0.387 e. The fourth-order valence-corrected chi connectivity index (χ4v) is 3.06. The number of hydrogen-bond acceptors (Lipinski definition) is 5. The van der Waals surface area contributed by atoms with Gasteiger partial charge in [-0.1, -0.05) is 34.5 Å². The van der Waals surface area contributed by atoms with Crippen molar-refractivity contribution in [3.8, 4) is 0 Å². The Balaban J connectivity index is 1.88. The predicted octanol–water partition coefficient (Wildman–Crippen LogP) is 3.79. The summed E-state index contributed by atoms with van der Waals surface area (Å²) in [7, 11) is 0. The van der Waals surface area contributed by atoms with Crippen LogP contribution in [-0.4, -0.2) is 16.6 Å². The lowest BCUT2D eigenvalue weighted by Gasteiger charge is -2.12. The van der Waals surface area contributed by atoms with E-state index in [1.807, 2.05) is 0 Å². The van der Waals surface area contributed by atoms with Gasteiger partial charge in [0.1, 0.15) is 0 Å². The summed E-state index contributed by atoms with van der Waals surface area (Å²) < 4.78 is 0. The van der Waals surface area contributed by atoms with Crippen LogP contribution in [0.3, 0.4) is 0 Å². The van der Waals surface area contributed by atoms with Crippen molar-refractivity contribution in [1.29, 1.82) is 0 Å². The molecule has 1 atom stereocenters. The van der Waals surface area contributed by atoms with Crippen molar-refractivity contribution in [1.82, 2.24) is 5.32 Å². The zero-order chi connectivity index (χ0) is 15.4. The molecule has 112 valence electrons. The fourth-order valence-electron chi connectivity index (χ4n) is 1.79. The molecule has 2 rings (SSSR count). The Kier molecular flexibility index (Phi) is 5.55. The van der Waals surface area contributed by atoms with Crippen LogP contribution in [0, 0.1) is 10.1 Å². The molecule has 0 aliphatic carbocycles. The number of thiophene rings is 1. The Morgan fingerprint density at radius 3 is 2.52 bits per heavy atom. The van der Waals surface area contributed by atoms with Gasteiger partial charge in [0.15, 0.2) is 0 Å². The second-order valence-corrected chi connectivity index (χ2v) is 6.16. The molecule has 0 fully saturated rings. The highest BCUT2D eigenvalue weighted by molar-refractivity contribution is 7.13. The lowest BCUT2D eigenvalue weighted by Crippen LogP contribution is -2.20. The Labute approximate surface area is 135 Å². The predicted molar refractivity (Wildman–Crippen MR) is 84.1 cm³/mol. The van der Waals surface area contributed by atoms with Gasteiger partial charge in [0.05, 0.1) is 11.0 Å². The first-order valence-corrected chi connectivity index (χ1v) is 7.66. The van der Waals surface area contributed by atoms with Crippen molar-refractivity contribution in [2.24, 2.45) is 0 Å². The quantitative estimate of drug-likeness (QED) is 0.616. The van der Waals surface area contributed by atoms with Crippen LogP contribution in [0.5, 0.6) is 0 Å². The van der Waals surface area contributed by atoms with Crippen molar-refractivity contribution in [3.63, 3.8) is 0 Å². The third-order valence-corrected chi connectivity index (χ3v) is 4.12. The number of rotatable bonds is 6. The number of aliphatic hydroxyl groups excluding tert-OH is 1. The minimum absolute atomic E-state index is 0.106. The van der Waals surface area contributed by atoms with E-state index >= 15 is 0 Å². The largest absolute Gasteiger partial charge is 0.387 e. The van der Waals surface area contributed by atoms with Gasteiger partial charge in [-0.2, -0.15) is 0 Å². The average molecular weight is 347 g/mol. The third-order valence-electron chi connectivity index (χ3n) is 2.76. The van der Waals surface area contributed by atoms with Gasteiger partial charge in [-0.15, -0.1) is 0 Å². The monoisotopic (exact) mass is 346 g/mol. The minimum atomic E-state index is -0.755. The summed E-state index contributed by atoms with van der Waals surface area (Å²) in [6.07, 6.45) is -0.755. The smallest absolute Gasteiger partial charge is 0.324 e. The molecule has 1 heterocycles. The summed E-state index contributed by atoms with van der Waals surface area (Å²) in [5.74, 6) is 0. The van der Waals surface area contributed by atoms with Crippen molar-refractivity contribution in [2.75, 3.05) is 6.54 Å². The molecule has 8 heteroatoms. The van der Waals surface area contributed by atoms with E-state index in [9.17, 15) is 15.2 Å². The Bertz CT molecular complexity index is 628. The van der Waals surface area contributed by atoms with E-state index in [0.29, 0.717) is 28.7 Å². The normalized spacial score (nSPS) is 12.3. The van der Waals surface area contributed by atoms with Gasteiger partial charge in [-0.3, -0.25) is 10.1 Å². The molecule has 2 aromatic rings. The first kappa shape index (κ1) is 16.2. The molecule has 1 unspecified atom stereocenters. The first-order chi connectivity index (χ1) is 9.95. The summed E-state index contributed by atoms with van der Waals surface area (Å²) in [6.45, 7) is 0.732. The topological polar surface area (TPSA) is 75.4 Å². The molecule has 0 saturated carbocycles. The van der Waals surface area contributed by atoms with Crippen LogP contribution in [0.15, 0.2) is 29.6 Å². The zero-order valence-electron chi connectivity index (χ0n) is 10.8. The van der Waals surface area contributed by atoms with Crippen LogP contribution < -0.4 is 5.32 Å². The molecule has 5 nitrogen and oxygen atoms in total. The number of benzene rings is 1. The highest BCUT2D eigenvalue weighted by Crippen LogP contribution is 2.24. The Morgan fingerprint density at radius 2 is 1.95 bits per heavy atom. The summed E-state index contributed by atoms with van der Waals surface area (Å²) in [5, 5.41) is 26.4. The summed E-state index contributed by atoms with van der Waals surface area (Å²) in [6, 6.07) is 6.40. The van der Waals surface area contributed by atoms with E-state index in [1.165, 1.54) is 6.07 Å². The van der Waals surface area contributed by atoms with Gasteiger partial charge in [0.2, 0.25) is 0 Å². The SMILES string of the molecule is O=[N+]([O-])c1cc(CNCC(O)c2cc(Cl)cc(Cl)c2)cs1. The fraction of sp³-hybridized carbons (Fsp3) is 0.231. The van der Waals surface area contributed by atoms with Crippen LogP contribution in [-0.2, 0) is 6.54 Å². The molecule has 0 aliphatic rings. The molecule has 21 heavy (non-hydrogen) atoms. The second-order valence-electron chi connectivity index (χ2n) is 4.40. The van der Waals surface area contributed by atoms with Gasteiger partial charge < -0.3 is 10.4 Å². The molecule has 2 N–H and O–H groups in total. The van der Waals surface area contributed by atoms with Crippen molar-refractivity contribution in [3.05, 3.63) is 60.9 Å². The molecular formula is C13H12Cl2N2O3S. The van der Waals surface area contributed by atoms with Crippen LogP contribution >= 0.6 is 34.5 Å². The van der Waals surface area contributed by atoms with Gasteiger partial charge in [0.25, 0.3) is 0 Å². The van der Waals surface area contributed by atoms with E-state index in [-0.39, 0.29) is 5.00 Å². The van der Waals surface area contributed by atoms with Gasteiger partial charge in [0, 0.05) is 34.6 Å². The number of nitrogens with one attached hydrogen (secondary N) is 1. The highest BCUT2D eigenvalue weighted by atomic mass is 35.5. The first-order valence-electron chi connectivity index (χ1n) is 6.02. The van der Waals surface area contributed by atoms with E-state index in [4.69, 9.17) is 23.2 Å². The highest BCUT2D eigenvalue weighted by Gasteiger charge is 2.11. The van der Waals surface area contributed by atoms with Gasteiger partial charge >= 0.3 is 5.00 Å². The van der Waals surface area contributed by atoms with E-state index in [0.717, 1.165) is 16.9 Å². The van der Waals surface area contributed by atoms with Gasteiger partial charge in [-0.05, 0) is 29.3 Å². The average Bonchev–Trinajstić information content (AvgIpc) is 2.86. The number of nitrogens with zero attached hydrogens (tertiary/aromatic N) is 1. The standard InChI is InChI=1S/C13H12Cl2N2O3S/c14-10-2-9(3-11(15)4-10)12(18)6-16-5-8-1-13(17(19)20)21-7-8/h1-4,7,12,16,18H,5-6H2. The molecule has 0 aliphatic heterocycles. The van der Waals surface area contributed by atoms with Crippen molar-refractivity contribution in [2.45, 2.75) is 12.6 Å². The molecule has 1 aromatic carbocycles. The number of aliphatic hydroxyl groups is 1. The molecule has 0 bridgehead atoms. The van der Waals surface area contributed by atoms with E-state index in [2.05, 4.69) is 5.32 Å². The zero-order valence-corrected chi connectivity index (χ0v) is 13.1. The maximum Gasteiger partial charge on any atom is 0.324 e. The van der Waals surface area contributed by atoms with Crippen LogP contribution in [0.25, 0.3) is 0 Å². The maximum atomic E-state index is 10.6. The van der Waals surface area contributed by atoms with E-state index in [1.54, 1.807) is 23.6 Å². The molecule has 1 aromatic heterocycles. The lowest BCUT2D eigenvalue weighted by atomic mass is 10.1. The van der Waals surface area contributed by atoms with Crippen LogP contribution in [0.4, 0.5) is 5.00 Å². The number of halogens is 2. The lowest BCUT2D eigenvalue weighted by molar-refractivity contribution is -0.380.